The topological polar surface area (TPSA) is 271 Å². The molecule has 0 radical (unpaired) electrons. The molecule has 4 saturated heterocycles. The normalized spacial score (nSPS) is 24.3. The van der Waals surface area contributed by atoms with Crippen LogP contribution in [0.2, 0.25) is 0 Å². The minimum Gasteiger partial charge on any atom is -0.743 e. The molecular formula is C100H131F5O19S2. The van der Waals surface area contributed by atoms with Gasteiger partial charge in [0.05, 0.1) is 45.7 Å². The van der Waals surface area contributed by atoms with Crippen LogP contribution in [-0.4, -0.2) is 121 Å². The Balaban J connectivity index is 0.000000168. The van der Waals surface area contributed by atoms with E-state index in [-0.39, 0.29) is 75.9 Å². The summed E-state index contributed by atoms with van der Waals surface area (Å²) in [6.45, 7) is 36.2. The van der Waals surface area contributed by atoms with Gasteiger partial charge in [0.15, 0.2) is 42.5 Å². The molecule has 19 nitrogen and oxygen atoms in total. The van der Waals surface area contributed by atoms with Gasteiger partial charge in [0.25, 0.3) is 0 Å². The zero-order valence-electron chi connectivity index (χ0n) is 76.8. The van der Waals surface area contributed by atoms with E-state index in [0.29, 0.717) is 49.9 Å². The number of aromatic hydroxyl groups is 1. The smallest absolute Gasteiger partial charge is 0.401 e. The number of carbonyl (C=O) groups is 7. The molecular weight excluding hydrogens is 1660 g/mol. The lowest BCUT2D eigenvalue weighted by Crippen LogP contribution is -2.49. The molecule has 8 aliphatic rings. The fourth-order valence-electron chi connectivity index (χ4n) is 17.5. The summed E-state index contributed by atoms with van der Waals surface area (Å²) in [5.74, 6) is -0.299. The lowest BCUT2D eigenvalue weighted by atomic mass is 9.65. The summed E-state index contributed by atoms with van der Waals surface area (Å²) in [7, 11) is -6.51. The largest absolute Gasteiger partial charge is 0.743 e. The van der Waals surface area contributed by atoms with Crippen LogP contribution in [0.15, 0.2) is 146 Å². The van der Waals surface area contributed by atoms with Gasteiger partial charge in [-0.1, -0.05) is 146 Å². The Kier molecular flexibility index (Phi) is 32.6. The molecule has 1 N–H and O–H groups in total. The maximum atomic E-state index is 13.1. The number of ether oxygens (including phenoxy) is 8. The van der Waals surface area contributed by atoms with Crippen molar-refractivity contribution in [3.05, 3.63) is 157 Å². The highest BCUT2D eigenvalue weighted by atomic mass is 32.2. The number of thiophene rings is 1. The van der Waals surface area contributed by atoms with E-state index in [1.165, 1.54) is 82.5 Å². The fourth-order valence-corrected chi connectivity index (χ4v) is 20.4. The van der Waals surface area contributed by atoms with Gasteiger partial charge in [-0.25, -0.2) is 13.2 Å². The second kappa shape index (κ2) is 40.6. The number of hydrogen-bond acceptors (Lipinski definition) is 19. The Morgan fingerprint density at radius 2 is 1.07 bits per heavy atom. The van der Waals surface area contributed by atoms with Gasteiger partial charge in [0.2, 0.25) is 6.10 Å². The molecule has 1 aromatic heterocycles. The molecule has 7 aromatic rings. The SMILES string of the molecule is CCC(C)(C)C(=O)OC(C)(C)c1ccc2ccccc2c1.CCC(C)(C)C(=O)OC1(CC)CC2CC1C1C3CCC(C3)C21.CCC(C)(C)C(=O)OC1C2CC3C(=O)OC1C3O2.CCC(C)(C)C(=O)OC1CCOC1=O.CCC(C)(C)C(=O)OCC(C(F)(F)F)C(F)(F)S(=O)(=O)[O-].CCC(C)c1ccc(O)cc1.c1ccc(-[s+]2c3ccccc3c3ccccc32)cc1. The van der Waals surface area contributed by atoms with Crippen molar-refractivity contribution in [2.75, 3.05) is 13.2 Å². The van der Waals surface area contributed by atoms with E-state index in [2.05, 4.69) is 136 Å². The summed E-state index contributed by atoms with van der Waals surface area (Å²) in [6, 6.07) is 50.2. The first-order valence-electron chi connectivity index (χ1n) is 44.6. The molecule has 4 saturated carbocycles. The Labute approximate surface area is 743 Å². The minimum absolute atomic E-state index is 0.0455. The zero-order valence-corrected chi connectivity index (χ0v) is 78.4. The van der Waals surface area contributed by atoms with Crippen molar-refractivity contribution in [3.63, 3.8) is 0 Å². The molecule has 126 heavy (non-hydrogen) atoms. The summed E-state index contributed by atoms with van der Waals surface area (Å²) in [5, 5.41) is 8.51. The quantitative estimate of drug-likeness (QED) is 0.0156. The van der Waals surface area contributed by atoms with Crippen LogP contribution < -0.4 is 0 Å². The van der Waals surface area contributed by atoms with Crippen LogP contribution in [-0.2, 0) is 87.2 Å². The van der Waals surface area contributed by atoms with Crippen molar-refractivity contribution in [3.8, 4) is 10.6 Å². The number of phenolic OH excluding ortho intramolecular Hbond substituents is 1. The highest BCUT2D eigenvalue weighted by molar-refractivity contribution is 7.86. The molecule has 15 rings (SSSR count). The highest BCUT2D eigenvalue weighted by Crippen LogP contribution is 2.71. The van der Waals surface area contributed by atoms with E-state index in [9.17, 15) is 68.5 Å². The van der Waals surface area contributed by atoms with Crippen molar-refractivity contribution >= 4 is 93.3 Å². The van der Waals surface area contributed by atoms with E-state index in [4.69, 9.17) is 38.3 Å². The number of fused-ring (bicyclic) bond motifs is 14. The highest BCUT2D eigenvalue weighted by Gasteiger charge is 2.69. The van der Waals surface area contributed by atoms with E-state index in [1.54, 1.807) is 26.0 Å². The third kappa shape index (κ3) is 22.8. The monoisotopic (exact) mass is 1790 g/mol. The van der Waals surface area contributed by atoms with Gasteiger partial charge in [-0.2, -0.15) is 22.0 Å². The zero-order chi connectivity index (χ0) is 93.4. The summed E-state index contributed by atoms with van der Waals surface area (Å²) in [5.41, 5.74) is -1.50. The first-order valence-corrected chi connectivity index (χ1v) is 47.2. The average Bonchev–Trinajstić information content (AvgIpc) is 1.55. The van der Waals surface area contributed by atoms with E-state index in [0.717, 1.165) is 72.6 Å². The minimum atomic E-state index is -6.57. The number of esters is 7. The molecule has 0 amide bonds. The Hall–Kier alpha value is -8.59. The molecule has 4 aliphatic heterocycles. The van der Waals surface area contributed by atoms with Crippen LogP contribution in [0.5, 0.6) is 5.75 Å². The molecule has 6 bridgehead atoms. The summed E-state index contributed by atoms with van der Waals surface area (Å²) >= 11 is 0. The third-order valence-corrected chi connectivity index (χ3v) is 31.3. The molecule has 6 aromatic carbocycles. The van der Waals surface area contributed by atoms with Crippen LogP contribution >= 0.6 is 10.5 Å². The maximum absolute atomic E-state index is 13.1. The van der Waals surface area contributed by atoms with E-state index in [1.807, 2.05) is 106 Å². The number of halogens is 5. The van der Waals surface area contributed by atoms with Crippen molar-refractivity contribution in [1.29, 1.82) is 0 Å². The van der Waals surface area contributed by atoms with Gasteiger partial charge >= 0.3 is 53.2 Å². The Morgan fingerprint density at radius 1 is 0.563 bits per heavy atom. The number of alkyl halides is 5. The molecule has 8 fully saturated rings. The Morgan fingerprint density at radius 3 is 1.60 bits per heavy atom. The number of cyclic esters (lactones) is 1. The van der Waals surface area contributed by atoms with E-state index < -0.39 is 91.6 Å². The summed E-state index contributed by atoms with van der Waals surface area (Å²) in [6.07, 6.45) is 5.72. The van der Waals surface area contributed by atoms with Crippen LogP contribution in [0.3, 0.4) is 0 Å². The average molecular weight is 1800 g/mol. The molecule has 4 aliphatic carbocycles. The fraction of sp³-hybridized carbons (Fsp3) is 0.590. The van der Waals surface area contributed by atoms with Crippen molar-refractivity contribution in [2.45, 2.75) is 287 Å². The van der Waals surface area contributed by atoms with Crippen LogP contribution in [0.1, 0.15) is 245 Å². The first kappa shape index (κ1) is 101. The third-order valence-electron chi connectivity index (χ3n) is 28.0. The van der Waals surface area contributed by atoms with Gasteiger partial charge in [-0.3, -0.25) is 28.8 Å². The van der Waals surface area contributed by atoms with Gasteiger partial charge in [0, 0.05) is 33.6 Å². The predicted octanol–water partition coefficient (Wildman–Crippen LogP) is 23.1. The summed E-state index contributed by atoms with van der Waals surface area (Å²) in [4.78, 5) is 84.1. The number of rotatable bonds is 23. The Bertz CT molecular complexity index is 5000. The molecule has 5 heterocycles. The van der Waals surface area contributed by atoms with E-state index >= 15 is 0 Å². The molecule has 26 heteroatoms. The van der Waals surface area contributed by atoms with Crippen LogP contribution in [0.4, 0.5) is 22.0 Å². The molecule has 15 atom stereocenters. The number of phenols is 1. The predicted molar refractivity (Wildman–Crippen MR) is 476 cm³/mol. The maximum Gasteiger partial charge on any atom is 0.401 e. The molecule has 692 valence electrons. The first-order chi connectivity index (χ1) is 58.8. The van der Waals surface area contributed by atoms with Crippen molar-refractivity contribution < 1.29 is 111 Å². The standard InChI is InChI=1S/C20H32O2.C19H24O2.C18H13S.C13H18O5.C10H15F5O5S.C10H16O4.C10H14O/c1-5-19(3,4)18(21)22-20(6-2)11-14-10-15(20)17-13-8-7-12(9-13)16(14)17;1-6-18(2,3)17(20)21-19(4,5)16-12-11-14-9-7-8-10-15(14)13-16;1-2-8-14(9-3-1)19-17-12-6-4-10-15(17)16-11-5-7-13-18(16)19;1-4-13(2,3)12(15)18-9-7-5-6-8(16-7)10(9)17-11(6)14;1-4-8(2,3)7(16)20-5-6(9(11,12)13)10(14,15)21(17,18)19;1-4-10(2,3)9(12)14-7-5-6-13-8(7)11;1-3-8(2)9-4-6-10(11)7-5-9/h12-17H,5-11H2,1-4H3;7-13H,6H2,1-5H3;1-13H;6-10H,4-5H2,1-3H3;6H,4-5H2,1-3H3,(H,17,18,19);7H,4-6H2,1-3H3;4-8,11H,3H2,1-2H3/q;;+1;;;;/p-1. The summed E-state index contributed by atoms with van der Waals surface area (Å²) < 4.78 is 140. The second-order valence-corrected chi connectivity index (χ2v) is 42.0. The molecule has 0 spiro atoms. The van der Waals surface area contributed by atoms with Crippen LogP contribution in [0.25, 0.3) is 35.8 Å². The number of benzene rings is 6. The number of carbonyl (C=O) groups excluding carboxylic acids is 7. The molecule has 15 unspecified atom stereocenters. The van der Waals surface area contributed by atoms with Gasteiger partial charge in [-0.05, 0) is 279 Å². The number of hydrogen-bond donors (Lipinski definition) is 1. The van der Waals surface area contributed by atoms with Gasteiger partial charge < -0.3 is 47.6 Å². The lowest BCUT2D eigenvalue weighted by molar-refractivity contribution is -0.232. The van der Waals surface area contributed by atoms with Crippen LogP contribution in [0, 0.1) is 74.4 Å². The lowest BCUT2D eigenvalue weighted by Gasteiger charge is -2.46. The van der Waals surface area contributed by atoms with Gasteiger partial charge in [-0.15, -0.1) is 0 Å². The van der Waals surface area contributed by atoms with Crippen molar-refractivity contribution in [1.82, 2.24) is 0 Å². The van der Waals surface area contributed by atoms with Gasteiger partial charge in [0.1, 0.15) is 29.7 Å². The van der Waals surface area contributed by atoms with Crippen molar-refractivity contribution in [2.24, 2.45) is 74.4 Å². The second-order valence-electron chi connectivity index (χ2n) is 38.6.